The molecule has 5 heteroatoms. The van der Waals surface area contributed by atoms with Gasteiger partial charge in [0.15, 0.2) is 0 Å². The first-order valence-corrected chi connectivity index (χ1v) is 7.36. The summed E-state index contributed by atoms with van der Waals surface area (Å²) < 4.78 is 0. The number of amides is 2. The molecule has 0 heterocycles. The summed E-state index contributed by atoms with van der Waals surface area (Å²) in [6.45, 7) is 0.216. The number of hydrogen-bond donors (Lipinski definition) is 2. The van der Waals surface area contributed by atoms with E-state index in [9.17, 15) is 9.59 Å². The number of rotatable bonds is 6. The number of aliphatic carboxylic acids is 1. The maximum atomic E-state index is 12.2. The fraction of sp³-hybridized carbons (Fsp3) is 0.500. The van der Waals surface area contributed by atoms with Gasteiger partial charge in [0.2, 0.25) is 0 Å². The van der Waals surface area contributed by atoms with Gasteiger partial charge in [-0.3, -0.25) is 4.79 Å². The molecule has 114 valence electrons. The van der Waals surface area contributed by atoms with E-state index in [0.29, 0.717) is 5.92 Å². The molecule has 0 spiro atoms. The summed E-state index contributed by atoms with van der Waals surface area (Å²) >= 11 is 0. The zero-order valence-corrected chi connectivity index (χ0v) is 12.3. The van der Waals surface area contributed by atoms with Crippen molar-refractivity contribution in [3.8, 4) is 0 Å². The molecule has 0 aliphatic heterocycles. The van der Waals surface area contributed by atoms with E-state index in [0.717, 1.165) is 18.4 Å². The van der Waals surface area contributed by atoms with Gasteiger partial charge in [0, 0.05) is 13.6 Å². The van der Waals surface area contributed by atoms with E-state index in [1.54, 1.807) is 7.05 Å². The highest BCUT2D eigenvalue weighted by Crippen LogP contribution is 2.37. The van der Waals surface area contributed by atoms with Crippen LogP contribution in [0.25, 0.3) is 0 Å². The van der Waals surface area contributed by atoms with Crippen LogP contribution >= 0.6 is 0 Å². The van der Waals surface area contributed by atoms with Crippen molar-refractivity contribution < 1.29 is 14.7 Å². The molecular formula is C16H22N2O3. The summed E-state index contributed by atoms with van der Waals surface area (Å²) in [7, 11) is 1.63. The number of carbonyl (C=O) groups excluding carboxylic acids is 1. The highest BCUT2D eigenvalue weighted by atomic mass is 16.4. The van der Waals surface area contributed by atoms with Gasteiger partial charge < -0.3 is 15.3 Å². The lowest BCUT2D eigenvalue weighted by atomic mass is 9.77. The van der Waals surface area contributed by atoms with Crippen molar-refractivity contribution in [2.75, 3.05) is 13.6 Å². The van der Waals surface area contributed by atoms with Crippen LogP contribution in [0, 0.1) is 5.92 Å². The van der Waals surface area contributed by atoms with Crippen LogP contribution in [0.4, 0.5) is 4.79 Å². The van der Waals surface area contributed by atoms with Crippen LogP contribution < -0.4 is 5.32 Å². The Kier molecular flexibility index (Phi) is 5.20. The van der Waals surface area contributed by atoms with E-state index in [1.807, 2.05) is 30.3 Å². The van der Waals surface area contributed by atoms with Gasteiger partial charge in [0.25, 0.3) is 0 Å². The second-order valence-corrected chi connectivity index (χ2v) is 5.59. The first kappa shape index (κ1) is 15.4. The summed E-state index contributed by atoms with van der Waals surface area (Å²) in [6, 6.07) is 9.77. The highest BCUT2D eigenvalue weighted by Gasteiger charge is 2.30. The van der Waals surface area contributed by atoms with Gasteiger partial charge in [-0.15, -0.1) is 0 Å². The van der Waals surface area contributed by atoms with Gasteiger partial charge in [0.1, 0.15) is 0 Å². The van der Waals surface area contributed by atoms with Crippen LogP contribution in [-0.4, -0.2) is 35.6 Å². The average molecular weight is 290 g/mol. The highest BCUT2D eigenvalue weighted by molar-refractivity contribution is 5.75. The molecule has 1 atom stereocenters. The average Bonchev–Trinajstić information content (AvgIpc) is 2.42. The van der Waals surface area contributed by atoms with Crippen molar-refractivity contribution in [1.82, 2.24) is 10.2 Å². The van der Waals surface area contributed by atoms with E-state index in [1.165, 1.54) is 11.3 Å². The van der Waals surface area contributed by atoms with Gasteiger partial charge in [-0.1, -0.05) is 36.8 Å². The lowest BCUT2D eigenvalue weighted by Gasteiger charge is -2.35. The minimum atomic E-state index is -0.895. The van der Waals surface area contributed by atoms with Crippen LogP contribution in [0.3, 0.4) is 0 Å². The molecule has 1 aliphatic rings. The van der Waals surface area contributed by atoms with Gasteiger partial charge >= 0.3 is 12.0 Å². The Morgan fingerprint density at radius 1 is 1.33 bits per heavy atom. The first-order chi connectivity index (χ1) is 10.1. The predicted octanol–water partition coefficient (Wildman–Crippen LogP) is 2.64. The maximum Gasteiger partial charge on any atom is 0.317 e. The lowest BCUT2D eigenvalue weighted by molar-refractivity contribution is -0.137. The summed E-state index contributed by atoms with van der Waals surface area (Å²) in [5.74, 6) is -0.419. The Morgan fingerprint density at radius 3 is 2.52 bits per heavy atom. The zero-order chi connectivity index (χ0) is 15.2. The third-order valence-electron chi connectivity index (χ3n) is 4.07. The number of nitrogens with zero attached hydrogens (tertiary/aromatic N) is 1. The Hall–Kier alpha value is -2.04. The quantitative estimate of drug-likeness (QED) is 0.846. The molecule has 1 saturated carbocycles. The first-order valence-electron chi connectivity index (χ1n) is 7.36. The Morgan fingerprint density at radius 2 is 2.00 bits per heavy atom. The van der Waals surface area contributed by atoms with Gasteiger partial charge in [0.05, 0.1) is 12.5 Å². The minimum Gasteiger partial charge on any atom is -0.481 e. The number of urea groups is 1. The molecule has 0 aromatic heterocycles. The van der Waals surface area contributed by atoms with Crippen molar-refractivity contribution in [3.05, 3.63) is 35.9 Å². The number of carbonyl (C=O) groups is 2. The SMILES string of the molecule is CN(CCC(=O)O)C(=O)NC(c1ccccc1)C1CCC1. The number of benzene rings is 1. The van der Waals surface area contributed by atoms with Crippen LogP contribution in [0.15, 0.2) is 30.3 Å². The zero-order valence-electron chi connectivity index (χ0n) is 12.3. The summed E-state index contributed by atoms with van der Waals surface area (Å²) in [5, 5.41) is 11.7. The molecule has 1 fully saturated rings. The Bertz CT molecular complexity index is 486. The second-order valence-electron chi connectivity index (χ2n) is 5.59. The summed E-state index contributed by atoms with van der Waals surface area (Å²) in [6.07, 6.45) is 3.42. The largest absolute Gasteiger partial charge is 0.481 e. The molecule has 21 heavy (non-hydrogen) atoms. The molecule has 2 N–H and O–H groups in total. The fourth-order valence-corrected chi connectivity index (χ4v) is 2.51. The summed E-state index contributed by atoms with van der Waals surface area (Å²) in [4.78, 5) is 24.2. The molecule has 1 aromatic carbocycles. The minimum absolute atomic E-state index is 0.0136. The maximum absolute atomic E-state index is 12.2. The molecule has 0 bridgehead atoms. The molecule has 1 aliphatic carbocycles. The predicted molar refractivity (Wildman–Crippen MR) is 79.9 cm³/mol. The molecule has 2 rings (SSSR count). The number of carboxylic acids is 1. The monoisotopic (exact) mass is 290 g/mol. The molecule has 0 radical (unpaired) electrons. The van der Waals surface area contributed by atoms with Crippen molar-refractivity contribution in [2.24, 2.45) is 5.92 Å². The number of nitrogens with one attached hydrogen (secondary N) is 1. The van der Waals surface area contributed by atoms with E-state index in [4.69, 9.17) is 5.11 Å². The van der Waals surface area contributed by atoms with Crippen LogP contribution in [0.5, 0.6) is 0 Å². The Labute approximate surface area is 125 Å². The second kappa shape index (κ2) is 7.11. The molecule has 0 saturated heterocycles. The van der Waals surface area contributed by atoms with E-state index < -0.39 is 5.97 Å². The third kappa shape index (κ3) is 4.21. The lowest BCUT2D eigenvalue weighted by Crippen LogP contribution is -2.43. The normalized spacial score (nSPS) is 15.9. The van der Waals surface area contributed by atoms with Crippen molar-refractivity contribution in [1.29, 1.82) is 0 Å². The van der Waals surface area contributed by atoms with Crippen LogP contribution in [-0.2, 0) is 4.79 Å². The van der Waals surface area contributed by atoms with Crippen molar-refractivity contribution in [2.45, 2.75) is 31.7 Å². The molecule has 2 amide bonds. The fourth-order valence-electron chi connectivity index (χ4n) is 2.51. The topological polar surface area (TPSA) is 69.6 Å². The van der Waals surface area contributed by atoms with E-state index in [-0.39, 0.29) is 25.0 Å². The summed E-state index contributed by atoms with van der Waals surface area (Å²) in [5.41, 5.74) is 1.11. The molecule has 1 aromatic rings. The smallest absolute Gasteiger partial charge is 0.317 e. The van der Waals surface area contributed by atoms with Gasteiger partial charge in [-0.05, 0) is 24.3 Å². The van der Waals surface area contributed by atoms with Crippen molar-refractivity contribution >= 4 is 12.0 Å². The molecular weight excluding hydrogens is 268 g/mol. The molecule has 1 unspecified atom stereocenters. The van der Waals surface area contributed by atoms with E-state index >= 15 is 0 Å². The standard InChI is InChI=1S/C16H22N2O3/c1-18(11-10-14(19)20)16(21)17-15(13-8-5-9-13)12-6-3-2-4-7-12/h2-4,6-7,13,15H,5,8-11H2,1H3,(H,17,21)(H,19,20). The molecule has 5 nitrogen and oxygen atoms in total. The number of hydrogen-bond acceptors (Lipinski definition) is 2. The van der Waals surface area contributed by atoms with E-state index in [2.05, 4.69) is 5.32 Å². The van der Waals surface area contributed by atoms with Crippen LogP contribution in [0.2, 0.25) is 0 Å². The van der Waals surface area contributed by atoms with Gasteiger partial charge in [-0.25, -0.2) is 4.79 Å². The third-order valence-corrected chi connectivity index (χ3v) is 4.07. The number of carboxylic acid groups (broad SMARTS) is 1. The van der Waals surface area contributed by atoms with Gasteiger partial charge in [-0.2, -0.15) is 0 Å². The van der Waals surface area contributed by atoms with Crippen LogP contribution in [0.1, 0.15) is 37.3 Å². The van der Waals surface area contributed by atoms with Crippen molar-refractivity contribution in [3.63, 3.8) is 0 Å². The Balaban J connectivity index is 1.98.